The monoisotopic (exact) mass is 385 g/mol. The van der Waals surface area contributed by atoms with Crippen LogP contribution >= 0.6 is 0 Å². The van der Waals surface area contributed by atoms with E-state index >= 15 is 0 Å². The number of rotatable bonds is 9. The molecule has 2 aromatic rings. The number of fused-ring (bicyclic) bond motifs is 1. The van der Waals surface area contributed by atoms with Crippen LogP contribution in [0.2, 0.25) is 0 Å². The van der Waals surface area contributed by atoms with Crippen molar-refractivity contribution in [3.05, 3.63) is 94.7 Å². The molecular weight excluding hydrogens is 350 g/mol. The third-order valence-electron chi connectivity index (χ3n) is 6.00. The van der Waals surface area contributed by atoms with Crippen LogP contribution in [0.1, 0.15) is 66.5 Å². The Morgan fingerprint density at radius 3 is 2.48 bits per heavy atom. The highest BCUT2D eigenvalue weighted by Gasteiger charge is 2.19. The van der Waals surface area contributed by atoms with E-state index in [9.17, 15) is 0 Å². The number of hydrogen-bond donors (Lipinski definition) is 1. The summed E-state index contributed by atoms with van der Waals surface area (Å²) in [5.74, 6) is 0. The average molecular weight is 386 g/mol. The van der Waals surface area contributed by atoms with Gasteiger partial charge in [-0.05, 0) is 77.6 Å². The number of unbranched alkanes of at least 4 members (excludes halogenated alkanes) is 2. The van der Waals surface area contributed by atoms with Gasteiger partial charge in [0.05, 0.1) is 0 Å². The second kappa shape index (κ2) is 9.78. The third-order valence-corrected chi connectivity index (χ3v) is 6.00. The lowest BCUT2D eigenvalue weighted by atomic mass is 9.81. The predicted molar refractivity (Wildman–Crippen MR) is 128 cm³/mol. The van der Waals surface area contributed by atoms with E-state index < -0.39 is 0 Å². The SMILES string of the molecule is C=C(Cc1ccc2c(c1C)CC(c1ccc(CCCCC)cc1)=CC2=C)NCC. The van der Waals surface area contributed by atoms with Crippen molar-refractivity contribution in [3.63, 3.8) is 0 Å². The predicted octanol–water partition coefficient (Wildman–Crippen LogP) is 7.05. The normalized spacial score (nSPS) is 13.1. The van der Waals surface area contributed by atoms with Crippen molar-refractivity contribution in [2.45, 2.75) is 59.3 Å². The molecule has 0 heterocycles. The van der Waals surface area contributed by atoms with Crippen LogP contribution in [0.15, 0.2) is 61.3 Å². The molecule has 152 valence electrons. The van der Waals surface area contributed by atoms with Gasteiger partial charge < -0.3 is 5.32 Å². The lowest BCUT2D eigenvalue weighted by Crippen LogP contribution is -2.14. The topological polar surface area (TPSA) is 12.0 Å². The number of aryl methyl sites for hydroxylation is 1. The Kier molecular flexibility index (Phi) is 7.14. The van der Waals surface area contributed by atoms with Crippen molar-refractivity contribution in [3.8, 4) is 0 Å². The van der Waals surface area contributed by atoms with E-state index in [1.54, 1.807) is 0 Å². The highest BCUT2D eigenvalue weighted by atomic mass is 14.9. The fourth-order valence-corrected chi connectivity index (χ4v) is 4.25. The molecule has 0 atom stereocenters. The van der Waals surface area contributed by atoms with Crippen molar-refractivity contribution < 1.29 is 0 Å². The molecule has 0 aliphatic heterocycles. The average Bonchev–Trinajstić information content (AvgIpc) is 2.71. The molecule has 0 spiro atoms. The maximum absolute atomic E-state index is 4.35. The van der Waals surface area contributed by atoms with Gasteiger partial charge in [0, 0.05) is 18.7 Å². The summed E-state index contributed by atoms with van der Waals surface area (Å²) in [6.45, 7) is 16.1. The van der Waals surface area contributed by atoms with Crippen molar-refractivity contribution in [2.75, 3.05) is 6.54 Å². The summed E-state index contributed by atoms with van der Waals surface area (Å²) in [6.07, 6.45) is 9.16. The zero-order valence-corrected chi connectivity index (χ0v) is 18.4. The highest BCUT2D eigenvalue weighted by molar-refractivity contribution is 5.89. The molecule has 0 fully saturated rings. The van der Waals surface area contributed by atoms with Gasteiger partial charge in [0.1, 0.15) is 0 Å². The minimum absolute atomic E-state index is 0.880. The molecule has 29 heavy (non-hydrogen) atoms. The first-order valence-corrected chi connectivity index (χ1v) is 11.1. The Labute approximate surface area is 177 Å². The molecule has 1 nitrogen and oxygen atoms in total. The van der Waals surface area contributed by atoms with Crippen LogP contribution in [0, 0.1) is 6.92 Å². The van der Waals surface area contributed by atoms with E-state index in [-0.39, 0.29) is 0 Å². The van der Waals surface area contributed by atoms with Crippen LogP contribution < -0.4 is 5.32 Å². The van der Waals surface area contributed by atoms with Crippen molar-refractivity contribution in [2.24, 2.45) is 0 Å². The first-order chi connectivity index (χ1) is 14.0. The Morgan fingerprint density at radius 2 is 1.79 bits per heavy atom. The van der Waals surface area contributed by atoms with Crippen molar-refractivity contribution in [1.82, 2.24) is 5.32 Å². The van der Waals surface area contributed by atoms with Gasteiger partial charge in [-0.2, -0.15) is 0 Å². The Bertz CT molecular complexity index is 912. The van der Waals surface area contributed by atoms with Gasteiger partial charge >= 0.3 is 0 Å². The van der Waals surface area contributed by atoms with Gasteiger partial charge in [0.25, 0.3) is 0 Å². The second-order valence-corrected chi connectivity index (χ2v) is 8.21. The van der Waals surface area contributed by atoms with E-state index in [1.807, 2.05) is 0 Å². The highest BCUT2D eigenvalue weighted by Crippen LogP contribution is 2.36. The van der Waals surface area contributed by atoms with Crippen LogP contribution in [-0.4, -0.2) is 6.54 Å². The smallest absolute Gasteiger partial charge is 0.0120 e. The zero-order valence-electron chi connectivity index (χ0n) is 18.4. The maximum Gasteiger partial charge on any atom is 0.0120 e. The van der Waals surface area contributed by atoms with Crippen molar-refractivity contribution in [1.29, 1.82) is 0 Å². The largest absolute Gasteiger partial charge is 0.389 e. The number of benzene rings is 2. The maximum atomic E-state index is 4.35. The molecule has 0 radical (unpaired) electrons. The lowest BCUT2D eigenvalue weighted by Gasteiger charge is -2.23. The standard InChI is InChI=1S/C28H35N/c1-6-8-9-10-23-11-13-24(14-12-23)26-17-20(3)27-16-15-25(18-21(4)29-7-2)22(5)28(27)19-26/h11-17,29H,3-4,6-10,18-19H2,1-2,5H3. The van der Waals surface area contributed by atoms with Gasteiger partial charge in [-0.25, -0.2) is 0 Å². The van der Waals surface area contributed by atoms with Gasteiger partial charge in [-0.3, -0.25) is 0 Å². The van der Waals surface area contributed by atoms with E-state index in [1.165, 1.54) is 64.6 Å². The Morgan fingerprint density at radius 1 is 1.03 bits per heavy atom. The molecule has 0 bridgehead atoms. The fourth-order valence-electron chi connectivity index (χ4n) is 4.25. The summed E-state index contributed by atoms with van der Waals surface area (Å²) in [7, 11) is 0. The number of likely N-dealkylation sites (N-methyl/N-ethyl adjacent to an activating group) is 1. The van der Waals surface area contributed by atoms with Crippen LogP contribution in [-0.2, 0) is 19.3 Å². The first kappa shape index (κ1) is 21.2. The molecule has 0 saturated carbocycles. The fraction of sp³-hybridized carbons (Fsp3) is 0.357. The van der Waals surface area contributed by atoms with Gasteiger partial charge in [0.15, 0.2) is 0 Å². The molecule has 2 aromatic carbocycles. The molecule has 3 rings (SSSR count). The van der Waals surface area contributed by atoms with E-state index in [0.717, 1.165) is 30.7 Å². The van der Waals surface area contributed by atoms with E-state index in [2.05, 4.69) is 81.7 Å². The van der Waals surface area contributed by atoms with Crippen LogP contribution in [0.25, 0.3) is 11.1 Å². The van der Waals surface area contributed by atoms with Crippen LogP contribution in [0.5, 0.6) is 0 Å². The number of nitrogens with one attached hydrogen (secondary N) is 1. The molecule has 1 aliphatic carbocycles. The summed E-state index contributed by atoms with van der Waals surface area (Å²) in [6, 6.07) is 13.7. The van der Waals surface area contributed by atoms with Crippen LogP contribution in [0.4, 0.5) is 0 Å². The molecule has 0 aromatic heterocycles. The van der Waals surface area contributed by atoms with Gasteiger partial charge in [0.2, 0.25) is 0 Å². The minimum Gasteiger partial charge on any atom is -0.389 e. The van der Waals surface area contributed by atoms with E-state index in [0.29, 0.717) is 0 Å². The molecule has 1 aliphatic rings. The minimum atomic E-state index is 0.880. The molecule has 1 heteroatoms. The summed E-state index contributed by atoms with van der Waals surface area (Å²) < 4.78 is 0. The number of allylic oxidation sites excluding steroid dienone is 4. The van der Waals surface area contributed by atoms with Crippen molar-refractivity contribution >= 4 is 11.1 Å². The van der Waals surface area contributed by atoms with Gasteiger partial charge in [-0.15, -0.1) is 0 Å². The van der Waals surface area contributed by atoms with Crippen LogP contribution in [0.3, 0.4) is 0 Å². The first-order valence-electron chi connectivity index (χ1n) is 11.1. The molecular formula is C28H35N. The summed E-state index contributed by atoms with van der Waals surface area (Å²) in [5, 5.41) is 3.34. The summed E-state index contributed by atoms with van der Waals surface area (Å²) in [5.41, 5.74) is 11.8. The summed E-state index contributed by atoms with van der Waals surface area (Å²) >= 11 is 0. The Balaban J connectivity index is 1.81. The van der Waals surface area contributed by atoms with Gasteiger partial charge in [-0.1, -0.05) is 75.4 Å². The number of hydrogen-bond acceptors (Lipinski definition) is 1. The second-order valence-electron chi connectivity index (χ2n) is 8.21. The zero-order chi connectivity index (χ0) is 20.8. The molecule has 0 amide bonds. The third kappa shape index (κ3) is 5.09. The molecule has 0 unspecified atom stereocenters. The van der Waals surface area contributed by atoms with E-state index in [4.69, 9.17) is 0 Å². The quantitative estimate of drug-likeness (QED) is 0.456. The Hall–Kier alpha value is -2.54. The summed E-state index contributed by atoms with van der Waals surface area (Å²) in [4.78, 5) is 0. The molecule has 0 saturated heterocycles. The molecule has 1 N–H and O–H groups in total. The lowest BCUT2D eigenvalue weighted by molar-refractivity contribution is 0.717.